The van der Waals surface area contributed by atoms with Gasteiger partial charge in [0.05, 0.1) is 12.2 Å². The number of urea groups is 1. The quantitative estimate of drug-likeness (QED) is 0.743. The number of carbonyl (C=O) groups excluding carboxylic acids is 2. The Balaban J connectivity index is 1.90. The molecule has 0 heterocycles. The molecule has 0 aliphatic carbocycles. The van der Waals surface area contributed by atoms with Gasteiger partial charge in [0.2, 0.25) is 0 Å². The maximum absolute atomic E-state index is 12.2. The summed E-state index contributed by atoms with van der Waals surface area (Å²) >= 11 is 0. The molecule has 0 atom stereocenters. The van der Waals surface area contributed by atoms with Crippen LogP contribution in [0.1, 0.15) is 23.7 Å². The van der Waals surface area contributed by atoms with E-state index >= 15 is 0 Å². The molecule has 120 valence electrons. The first-order valence-corrected chi connectivity index (χ1v) is 7.35. The number of carbonyl (C=O) groups is 2. The van der Waals surface area contributed by atoms with Crippen molar-refractivity contribution in [1.82, 2.24) is 10.9 Å². The predicted molar refractivity (Wildman–Crippen MR) is 88.3 cm³/mol. The van der Waals surface area contributed by atoms with Gasteiger partial charge in [-0.2, -0.15) is 0 Å². The van der Waals surface area contributed by atoms with Crippen LogP contribution < -0.4 is 20.9 Å². The molecule has 0 saturated carbocycles. The summed E-state index contributed by atoms with van der Waals surface area (Å²) < 4.78 is 5.52. The Morgan fingerprint density at radius 3 is 2.39 bits per heavy atom. The maximum Gasteiger partial charge on any atom is 0.337 e. The van der Waals surface area contributed by atoms with Crippen LogP contribution in [0.25, 0.3) is 0 Å². The molecule has 0 spiro atoms. The summed E-state index contributed by atoms with van der Waals surface area (Å²) in [6, 6.07) is 15.3. The number of hydrogen-bond donors (Lipinski definition) is 3. The van der Waals surface area contributed by atoms with Gasteiger partial charge in [-0.05, 0) is 30.7 Å². The van der Waals surface area contributed by atoms with E-state index in [1.54, 1.807) is 48.5 Å². The first kappa shape index (κ1) is 16.4. The Morgan fingerprint density at radius 2 is 1.65 bits per heavy atom. The van der Waals surface area contributed by atoms with Crippen LogP contribution in [0.4, 0.5) is 10.5 Å². The summed E-state index contributed by atoms with van der Waals surface area (Å²) in [4.78, 5) is 23.9. The van der Waals surface area contributed by atoms with Gasteiger partial charge >= 0.3 is 6.03 Å². The van der Waals surface area contributed by atoms with Gasteiger partial charge in [-0.3, -0.25) is 10.2 Å². The number of hydrazine groups is 1. The maximum atomic E-state index is 12.2. The van der Waals surface area contributed by atoms with Crippen molar-refractivity contribution < 1.29 is 14.3 Å². The standard InChI is InChI=1S/C17H19N3O3/c1-2-12-23-15-11-7-6-10-14(15)16(21)19-20-17(22)18-13-8-4-3-5-9-13/h3-11H,2,12H2,1H3,(H,19,21)(H2,18,20,22). The highest BCUT2D eigenvalue weighted by Gasteiger charge is 2.12. The Kier molecular flexibility index (Phi) is 5.99. The van der Waals surface area contributed by atoms with Crippen LogP contribution in [0.2, 0.25) is 0 Å². The zero-order chi connectivity index (χ0) is 16.5. The van der Waals surface area contributed by atoms with Crippen molar-refractivity contribution in [3.05, 3.63) is 60.2 Å². The number of hydrogen-bond acceptors (Lipinski definition) is 3. The van der Waals surface area contributed by atoms with Gasteiger partial charge in [-0.25, -0.2) is 10.2 Å². The fourth-order valence-corrected chi connectivity index (χ4v) is 1.86. The van der Waals surface area contributed by atoms with Crippen LogP contribution in [-0.2, 0) is 0 Å². The SMILES string of the molecule is CCCOc1ccccc1C(=O)NNC(=O)Nc1ccccc1. The van der Waals surface area contributed by atoms with E-state index in [1.165, 1.54) is 0 Å². The van der Waals surface area contributed by atoms with Crippen LogP contribution in [0, 0.1) is 0 Å². The third-order valence-corrected chi connectivity index (χ3v) is 2.91. The van der Waals surface area contributed by atoms with Gasteiger partial charge in [0, 0.05) is 5.69 Å². The molecule has 3 amide bonds. The lowest BCUT2D eigenvalue weighted by atomic mass is 10.2. The summed E-state index contributed by atoms with van der Waals surface area (Å²) in [6.07, 6.45) is 0.841. The summed E-state index contributed by atoms with van der Waals surface area (Å²) in [5, 5.41) is 2.60. The summed E-state index contributed by atoms with van der Waals surface area (Å²) in [5.74, 6) is 0.0389. The van der Waals surface area contributed by atoms with Crippen molar-refractivity contribution in [2.24, 2.45) is 0 Å². The van der Waals surface area contributed by atoms with Crippen molar-refractivity contribution in [2.45, 2.75) is 13.3 Å². The molecule has 0 saturated heterocycles. The van der Waals surface area contributed by atoms with Crippen LogP contribution in [0.5, 0.6) is 5.75 Å². The average Bonchev–Trinajstić information content (AvgIpc) is 2.59. The fourth-order valence-electron chi connectivity index (χ4n) is 1.86. The van der Waals surface area contributed by atoms with Crippen LogP contribution in [0.3, 0.4) is 0 Å². The number of anilines is 1. The predicted octanol–water partition coefficient (Wildman–Crippen LogP) is 2.94. The highest BCUT2D eigenvalue weighted by atomic mass is 16.5. The second-order valence-corrected chi connectivity index (χ2v) is 4.74. The van der Waals surface area contributed by atoms with E-state index in [1.807, 2.05) is 13.0 Å². The smallest absolute Gasteiger partial charge is 0.337 e. The largest absolute Gasteiger partial charge is 0.493 e. The van der Waals surface area contributed by atoms with E-state index in [-0.39, 0.29) is 0 Å². The van der Waals surface area contributed by atoms with Gasteiger partial charge in [0.15, 0.2) is 0 Å². The van der Waals surface area contributed by atoms with Crippen LogP contribution in [0.15, 0.2) is 54.6 Å². The molecule has 0 aromatic heterocycles. The van der Waals surface area contributed by atoms with Crippen molar-refractivity contribution in [1.29, 1.82) is 0 Å². The second kappa shape index (κ2) is 8.43. The lowest BCUT2D eigenvalue weighted by Gasteiger charge is -2.12. The molecule has 3 N–H and O–H groups in total. The third kappa shape index (κ3) is 5.03. The van der Waals surface area contributed by atoms with Gasteiger partial charge in [0.25, 0.3) is 5.91 Å². The minimum atomic E-state index is -0.531. The van der Waals surface area contributed by atoms with Crippen molar-refractivity contribution in [3.63, 3.8) is 0 Å². The molecule has 6 nitrogen and oxygen atoms in total. The third-order valence-electron chi connectivity index (χ3n) is 2.91. The van der Waals surface area contributed by atoms with E-state index < -0.39 is 11.9 Å². The fraction of sp³-hybridized carbons (Fsp3) is 0.176. The molecular weight excluding hydrogens is 294 g/mol. The van der Waals surface area contributed by atoms with E-state index in [4.69, 9.17) is 4.74 Å². The minimum absolute atomic E-state index is 0.362. The minimum Gasteiger partial charge on any atom is -0.493 e. The molecule has 2 aromatic rings. The van der Waals surface area contributed by atoms with Gasteiger partial charge in [-0.15, -0.1) is 0 Å². The molecule has 0 fully saturated rings. The summed E-state index contributed by atoms with van der Waals surface area (Å²) in [5.41, 5.74) is 5.65. The Labute approximate surface area is 134 Å². The van der Waals surface area contributed by atoms with E-state index in [0.29, 0.717) is 23.6 Å². The van der Waals surface area contributed by atoms with E-state index in [9.17, 15) is 9.59 Å². The first-order chi connectivity index (χ1) is 11.2. The second-order valence-electron chi connectivity index (χ2n) is 4.74. The highest BCUT2D eigenvalue weighted by molar-refractivity contribution is 5.99. The highest BCUT2D eigenvalue weighted by Crippen LogP contribution is 2.17. The van der Waals surface area contributed by atoms with Gasteiger partial charge in [0.1, 0.15) is 5.75 Å². The Bertz CT molecular complexity index is 659. The number of ether oxygens (including phenoxy) is 1. The number of amides is 3. The molecule has 2 aromatic carbocycles. The zero-order valence-electron chi connectivity index (χ0n) is 12.8. The van der Waals surface area contributed by atoms with Gasteiger partial charge < -0.3 is 10.1 Å². The molecular formula is C17H19N3O3. The zero-order valence-corrected chi connectivity index (χ0v) is 12.8. The molecule has 0 radical (unpaired) electrons. The molecule has 0 aliphatic rings. The Hall–Kier alpha value is -3.02. The molecule has 0 unspecified atom stereocenters. The van der Waals surface area contributed by atoms with Crippen LogP contribution >= 0.6 is 0 Å². The normalized spacial score (nSPS) is 9.78. The Morgan fingerprint density at radius 1 is 0.957 bits per heavy atom. The topological polar surface area (TPSA) is 79.5 Å². The first-order valence-electron chi connectivity index (χ1n) is 7.35. The monoisotopic (exact) mass is 313 g/mol. The van der Waals surface area contributed by atoms with Crippen molar-refractivity contribution in [3.8, 4) is 5.75 Å². The molecule has 2 rings (SSSR count). The number of rotatable bonds is 5. The lowest BCUT2D eigenvalue weighted by molar-refractivity contribution is 0.0934. The molecule has 0 bridgehead atoms. The average molecular weight is 313 g/mol. The van der Waals surface area contributed by atoms with Crippen molar-refractivity contribution >= 4 is 17.6 Å². The van der Waals surface area contributed by atoms with Gasteiger partial charge in [-0.1, -0.05) is 37.3 Å². The molecule has 6 heteroatoms. The molecule has 23 heavy (non-hydrogen) atoms. The number of benzene rings is 2. The van der Waals surface area contributed by atoms with Crippen molar-refractivity contribution in [2.75, 3.05) is 11.9 Å². The van der Waals surface area contributed by atoms with E-state index in [0.717, 1.165) is 6.42 Å². The number of nitrogens with one attached hydrogen (secondary N) is 3. The molecule has 0 aliphatic heterocycles. The van der Waals surface area contributed by atoms with Crippen LogP contribution in [-0.4, -0.2) is 18.5 Å². The summed E-state index contributed by atoms with van der Waals surface area (Å²) in [6.45, 7) is 2.50. The summed E-state index contributed by atoms with van der Waals surface area (Å²) in [7, 11) is 0. The number of para-hydroxylation sites is 2. The lowest BCUT2D eigenvalue weighted by Crippen LogP contribution is -2.44. The van der Waals surface area contributed by atoms with E-state index in [2.05, 4.69) is 16.2 Å².